The molecule has 0 spiro atoms. The Kier molecular flexibility index (Phi) is 18.9. The van der Waals surface area contributed by atoms with Crippen LogP contribution in [0, 0.1) is 22.7 Å². The Balaban J connectivity index is 0.0000108. The number of benzene rings is 3. The van der Waals surface area contributed by atoms with Gasteiger partial charge in [-0.05, 0) is 99.2 Å². The monoisotopic (exact) mass is 798 g/mol. The number of ether oxygens (including phenoxy) is 2. The second-order valence-electron chi connectivity index (χ2n) is 17.6. The van der Waals surface area contributed by atoms with Gasteiger partial charge in [0.15, 0.2) is 0 Å². The third-order valence-corrected chi connectivity index (χ3v) is 13.2. The summed E-state index contributed by atoms with van der Waals surface area (Å²) in [5, 5.41) is 6.00. The fraction of sp³-hybridized carbons (Fsp3) is 0.565. The quantitative estimate of drug-likeness (QED) is 0.0884. The third kappa shape index (κ3) is 13.7. The molecular weight excluding hydrogens is 732 g/mol. The SMILES string of the molecule is CCC(C)(C)c1ccc(OCC(CNC(=O)c2cc(C(=O)NCC(COc3ccc(C(C)(C)CC)cc3)C(C)(C)CC)cc(S(=O)[O-])c2)C(C)(C)CC)cc1.[Na+]. The number of hydrogen-bond acceptors (Lipinski definition) is 6. The van der Waals surface area contributed by atoms with Crippen LogP contribution in [0.1, 0.15) is 141 Å². The molecule has 8 nitrogen and oxygen atoms in total. The van der Waals surface area contributed by atoms with E-state index in [-0.39, 0.29) is 79.1 Å². The first-order chi connectivity index (χ1) is 25.7. The second kappa shape index (κ2) is 21.4. The molecule has 0 bridgehead atoms. The molecule has 0 saturated carbocycles. The van der Waals surface area contributed by atoms with E-state index >= 15 is 0 Å². The molecule has 0 radical (unpaired) electrons. The van der Waals surface area contributed by atoms with Crippen molar-refractivity contribution in [1.82, 2.24) is 10.6 Å². The van der Waals surface area contributed by atoms with Gasteiger partial charge in [0.05, 0.1) is 13.2 Å². The van der Waals surface area contributed by atoms with E-state index in [9.17, 15) is 18.4 Å². The van der Waals surface area contributed by atoms with Crippen LogP contribution in [-0.4, -0.2) is 46.9 Å². The molecule has 56 heavy (non-hydrogen) atoms. The van der Waals surface area contributed by atoms with Gasteiger partial charge in [0.1, 0.15) is 11.5 Å². The molecule has 3 atom stereocenters. The van der Waals surface area contributed by atoms with E-state index < -0.39 is 22.9 Å². The van der Waals surface area contributed by atoms with Crippen molar-refractivity contribution in [1.29, 1.82) is 0 Å². The second-order valence-corrected chi connectivity index (χ2v) is 18.6. The Morgan fingerprint density at radius 1 is 0.607 bits per heavy atom. The van der Waals surface area contributed by atoms with Gasteiger partial charge in [0.2, 0.25) is 0 Å². The van der Waals surface area contributed by atoms with Gasteiger partial charge in [-0.15, -0.1) is 0 Å². The average Bonchev–Trinajstić information content (AvgIpc) is 3.17. The van der Waals surface area contributed by atoms with E-state index in [1.54, 1.807) is 0 Å². The van der Waals surface area contributed by atoms with Crippen molar-refractivity contribution >= 4 is 22.9 Å². The Bertz CT molecular complexity index is 1620. The summed E-state index contributed by atoms with van der Waals surface area (Å²) in [5.41, 5.74) is 2.52. The normalized spacial score (nSPS) is 13.9. The number of amides is 2. The summed E-state index contributed by atoms with van der Waals surface area (Å²) in [7, 11) is 0. The standard InChI is InChI=1S/C46H68N2O6S.Na/c1-13-43(5,6)34-17-21-38(22-18-34)53-30-36(45(9,10)15-3)28-47-41(49)32-25-33(27-40(26-32)55(51)52)42(50)48-29-37(46(11,12)16-4)31-54-39-23-19-35(20-24-39)44(7,8)14-2;/h17-27,36-37H,13-16,28-31H2,1-12H3,(H,47,49)(H,48,50)(H,51,52);/q;+1/p-1. The molecule has 3 aromatic rings. The van der Waals surface area contributed by atoms with Crippen LogP contribution in [0.4, 0.5) is 0 Å². The van der Waals surface area contributed by atoms with E-state index in [0.29, 0.717) is 26.3 Å². The molecule has 0 fully saturated rings. The topological polar surface area (TPSA) is 117 Å². The Hall–Kier alpha value is -2.69. The maximum atomic E-state index is 13.6. The van der Waals surface area contributed by atoms with Gasteiger partial charge in [-0.1, -0.05) is 120 Å². The minimum Gasteiger partial charge on any atom is -0.768 e. The Morgan fingerprint density at radius 3 is 1.23 bits per heavy atom. The predicted molar refractivity (Wildman–Crippen MR) is 224 cm³/mol. The minimum absolute atomic E-state index is 0. The Morgan fingerprint density at radius 2 is 0.946 bits per heavy atom. The largest absolute Gasteiger partial charge is 1.00 e. The summed E-state index contributed by atoms with van der Waals surface area (Å²) in [6.07, 6.45) is 3.78. The van der Waals surface area contributed by atoms with Crippen molar-refractivity contribution in [3.8, 4) is 11.5 Å². The molecule has 0 aromatic heterocycles. The molecule has 0 aliphatic carbocycles. The van der Waals surface area contributed by atoms with Gasteiger partial charge >= 0.3 is 29.6 Å². The number of carbonyl (C=O) groups excluding carboxylic acids is 2. The summed E-state index contributed by atoms with van der Waals surface area (Å²) in [4.78, 5) is 27.1. The molecule has 0 aliphatic rings. The van der Waals surface area contributed by atoms with Crippen LogP contribution in [0.3, 0.4) is 0 Å². The Labute approximate surface area is 362 Å². The zero-order valence-electron chi connectivity index (χ0n) is 36.5. The van der Waals surface area contributed by atoms with Gasteiger partial charge in [-0.2, -0.15) is 0 Å². The molecule has 3 aromatic carbocycles. The van der Waals surface area contributed by atoms with E-state index in [1.807, 2.05) is 24.3 Å². The summed E-state index contributed by atoms with van der Waals surface area (Å²) >= 11 is -2.65. The van der Waals surface area contributed by atoms with Crippen LogP contribution < -0.4 is 49.7 Å². The summed E-state index contributed by atoms with van der Waals surface area (Å²) in [6.45, 7) is 27.4. The number of carbonyl (C=O) groups is 2. The van der Waals surface area contributed by atoms with Crippen molar-refractivity contribution in [3.63, 3.8) is 0 Å². The van der Waals surface area contributed by atoms with Gasteiger partial charge < -0.3 is 24.7 Å². The van der Waals surface area contributed by atoms with Crippen LogP contribution >= 0.6 is 0 Å². The maximum absolute atomic E-state index is 13.6. The van der Waals surface area contributed by atoms with Crippen LogP contribution in [0.25, 0.3) is 0 Å². The molecule has 304 valence electrons. The van der Waals surface area contributed by atoms with Crippen molar-refractivity contribution in [2.75, 3.05) is 26.3 Å². The predicted octanol–water partition coefficient (Wildman–Crippen LogP) is 7.03. The van der Waals surface area contributed by atoms with Crippen LogP contribution in [-0.2, 0) is 21.9 Å². The summed E-state index contributed by atoms with van der Waals surface area (Å²) in [5.74, 6) is 0.514. The van der Waals surface area contributed by atoms with Crippen molar-refractivity contribution in [2.24, 2.45) is 22.7 Å². The molecule has 2 N–H and O–H groups in total. The fourth-order valence-corrected chi connectivity index (χ4v) is 6.55. The molecule has 0 saturated heterocycles. The summed E-state index contributed by atoms with van der Waals surface area (Å²) < 4.78 is 36.8. The van der Waals surface area contributed by atoms with E-state index in [4.69, 9.17) is 9.47 Å². The van der Waals surface area contributed by atoms with Crippen molar-refractivity contribution in [3.05, 3.63) is 89.0 Å². The molecule has 0 aliphatic heterocycles. The van der Waals surface area contributed by atoms with E-state index in [0.717, 1.165) is 37.2 Å². The minimum atomic E-state index is -2.65. The van der Waals surface area contributed by atoms with Crippen LogP contribution in [0.2, 0.25) is 0 Å². The third-order valence-electron chi connectivity index (χ3n) is 12.6. The van der Waals surface area contributed by atoms with E-state index in [2.05, 4.69) is 118 Å². The molecule has 2 amide bonds. The van der Waals surface area contributed by atoms with Crippen molar-refractivity contribution < 1.29 is 57.4 Å². The van der Waals surface area contributed by atoms with Crippen LogP contribution in [0.5, 0.6) is 11.5 Å². The van der Waals surface area contributed by atoms with Gasteiger partial charge in [0, 0.05) is 40.9 Å². The van der Waals surface area contributed by atoms with Gasteiger partial charge in [-0.3, -0.25) is 13.8 Å². The number of rotatable bonds is 21. The number of nitrogens with one attached hydrogen (secondary N) is 2. The molecule has 3 unspecified atom stereocenters. The first kappa shape index (κ1) is 49.5. The molecule has 0 heterocycles. The molecule has 10 heteroatoms. The fourth-order valence-electron chi connectivity index (χ4n) is 6.10. The van der Waals surface area contributed by atoms with E-state index in [1.165, 1.54) is 29.3 Å². The first-order valence-electron chi connectivity index (χ1n) is 20.0. The first-order valence-corrected chi connectivity index (χ1v) is 21.0. The molecular formula is C46H67N2NaO6S. The van der Waals surface area contributed by atoms with Gasteiger partial charge in [-0.25, -0.2) is 0 Å². The molecule has 3 rings (SSSR count). The smallest absolute Gasteiger partial charge is 0.768 e. The maximum Gasteiger partial charge on any atom is 1.00 e. The zero-order chi connectivity index (χ0) is 41.2. The van der Waals surface area contributed by atoms with Crippen molar-refractivity contribution in [2.45, 2.75) is 124 Å². The van der Waals surface area contributed by atoms with Gasteiger partial charge in [0.25, 0.3) is 11.8 Å². The van der Waals surface area contributed by atoms with Crippen LogP contribution in [0.15, 0.2) is 71.6 Å². The average molecular weight is 799 g/mol. The number of hydrogen-bond donors (Lipinski definition) is 2. The summed E-state index contributed by atoms with van der Waals surface area (Å²) in [6, 6.07) is 20.4. The zero-order valence-corrected chi connectivity index (χ0v) is 39.3.